The highest BCUT2D eigenvalue weighted by Crippen LogP contribution is 2.28. The van der Waals surface area contributed by atoms with E-state index in [1.165, 1.54) is 0 Å². The van der Waals surface area contributed by atoms with Crippen LogP contribution in [0.2, 0.25) is 0 Å². The number of rotatable bonds is 14. The smallest absolute Gasteiger partial charge is 0.254 e. The molecule has 8 nitrogen and oxygen atoms in total. The lowest BCUT2D eigenvalue weighted by Crippen LogP contribution is -2.43. The van der Waals surface area contributed by atoms with Gasteiger partial charge in [-0.15, -0.1) is 0 Å². The maximum atomic E-state index is 13.6. The molecule has 3 rings (SSSR count). The molecule has 0 atom stereocenters. The van der Waals surface area contributed by atoms with Crippen LogP contribution in [0.5, 0.6) is 17.2 Å². The average Bonchev–Trinajstić information content (AvgIpc) is 3.36. The van der Waals surface area contributed by atoms with Gasteiger partial charge < -0.3 is 28.4 Å². The second-order valence-corrected chi connectivity index (χ2v) is 9.08. The van der Waals surface area contributed by atoms with Crippen molar-refractivity contribution in [2.75, 3.05) is 41.0 Å². The number of furan rings is 1. The molecule has 1 aromatic heterocycles. The molecule has 0 unspecified atom stereocenters. The monoisotopic (exact) mass is 522 g/mol. The molecular weight excluding hydrogens is 484 g/mol. The maximum absolute atomic E-state index is 13.6. The fourth-order valence-corrected chi connectivity index (χ4v) is 4.13. The molecule has 0 aliphatic carbocycles. The first-order valence-corrected chi connectivity index (χ1v) is 12.9. The summed E-state index contributed by atoms with van der Waals surface area (Å²) in [4.78, 5) is 30.4. The summed E-state index contributed by atoms with van der Waals surface area (Å²) < 4.78 is 21.7. The molecule has 0 radical (unpaired) electrons. The van der Waals surface area contributed by atoms with Gasteiger partial charge in [-0.1, -0.05) is 19.4 Å². The Morgan fingerprint density at radius 3 is 2.18 bits per heavy atom. The first-order valence-electron chi connectivity index (χ1n) is 12.9. The molecular formula is C30H38N2O6. The van der Waals surface area contributed by atoms with Crippen molar-refractivity contribution < 1.29 is 28.2 Å². The number of benzene rings is 2. The number of ether oxygens (including phenoxy) is 3. The third-order valence-corrected chi connectivity index (χ3v) is 6.35. The van der Waals surface area contributed by atoms with Gasteiger partial charge >= 0.3 is 0 Å². The fourth-order valence-electron chi connectivity index (χ4n) is 4.13. The molecule has 0 aliphatic heterocycles. The highest BCUT2D eigenvalue weighted by molar-refractivity contribution is 5.96. The van der Waals surface area contributed by atoms with Crippen LogP contribution in [0.25, 0.3) is 0 Å². The number of methoxy groups -OCH3 is 3. The maximum Gasteiger partial charge on any atom is 0.254 e. The molecule has 0 spiro atoms. The predicted molar refractivity (Wildman–Crippen MR) is 146 cm³/mol. The Bertz CT molecular complexity index is 1190. The van der Waals surface area contributed by atoms with E-state index in [2.05, 4.69) is 6.92 Å². The van der Waals surface area contributed by atoms with Crippen molar-refractivity contribution in [3.63, 3.8) is 0 Å². The SMILES string of the molecule is CCCCN(CC(=O)N(CCc1ccc(OC)c(OC)c1)Cc1ccc(C)o1)C(=O)c1ccc(OC)cc1. The van der Waals surface area contributed by atoms with E-state index in [9.17, 15) is 9.59 Å². The molecule has 8 heteroatoms. The van der Waals surface area contributed by atoms with Crippen molar-refractivity contribution in [3.05, 3.63) is 77.2 Å². The van der Waals surface area contributed by atoms with Gasteiger partial charge in [0.1, 0.15) is 23.8 Å². The number of carbonyl (C=O) groups is 2. The normalized spacial score (nSPS) is 10.7. The van der Waals surface area contributed by atoms with Crippen LogP contribution < -0.4 is 14.2 Å². The number of hydrogen-bond acceptors (Lipinski definition) is 6. The van der Waals surface area contributed by atoms with Crippen molar-refractivity contribution in [3.8, 4) is 17.2 Å². The van der Waals surface area contributed by atoms with Gasteiger partial charge in [0.25, 0.3) is 5.91 Å². The molecule has 204 valence electrons. The second-order valence-electron chi connectivity index (χ2n) is 9.08. The first-order chi connectivity index (χ1) is 18.4. The van der Waals surface area contributed by atoms with Gasteiger partial charge in [0.2, 0.25) is 5.91 Å². The summed E-state index contributed by atoms with van der Waals surface area (Å²) in [5.41, 5.74) is 1.53. The number of carbonyl (C=O) groups excluding carboxylic acids is 2. The van der Waals surface area contributed by atoms with E-state index in [0.29, 0.717) is 54.6 Å². The van der Waals surface area contributed by atoms with E-state index in [4.69, 9.17) is 18.6 Å². The van der Waals surface area contributed by atoms with Crippen LogP contribution in [0, 0.1) is 6.92 Å². The zero-order chi connectivity index (χ0) is 27.5. The molecule has 0 fully saturated rings. The third kappa shape index (κ3) is 7.78. The largest absolute Gasteiger partial charge is 0.497 e. The molecule has 2 aromatic carbocycles. The minimum Gasteiger partial charge on any atom is -0.497 e. The Hall–Kier alpha value is -3.94. The summed E-state index contributed by atoms with van der Waals surface area (Å²) in [6.07, 6.45) is 2.32. The minimum absolute atomic E-state index is 0.0174. The third-order valence-electron chi connectivity index (χ3n) is 6.35. The summed E-state index contributed by atoms with van der Waals surface area (Å²) in [5, 5.41) is 0. The highest BCUT2D eigenvalue weighted by Gasteiger charge is 2.23. The number of aryl methyl sites for hydroxylation is 1. The van der Waals surface area contributed by atoms with E-state index in [-0.39, 0.29) is 18.4 Å². The van der Waals surface area contributed by atoms with Crippen LogP contribution in [0.3, 0.4) is 0 Å². The summed E-state index contributed by atoms with van der Waals surface area (Å²) in [5.74, 6) is 3.13. The van der Waals surface area contributed by atoms with E-state index in [0.717, 1.165) is 24.2 Å². The van der Waals surface area contributed by atoms with Crippen molar-refractivity contribution in [1.82, 2.24) is 9.80 Å². The molecule has 0 bridgehead atoms. The lowest BCUT2D eigenvalue weighted by Gasteiger charge is -2.27. The van der Waals surface area contributed by atoms with Crippen LogP contribution in [-0.4, -0.2) is 62.6 Å². The number of hydrogen-bond donors (Lipinski definition) is 0. The van der Waals surface area contributed by atoms with Crippen LogP contribution in [-0.2, 0) is 17.8 Å². The number of amides is 2. The predicted octanol–water partition coefficient (Wildman–Crippen LogP) is 5.13. The Balaban J connectivity index is 1.78. The van der Waals surface area contributed by atoms with Crippen LogP contribution in [0.4, 0.5) is 0 Å². The van der Waals surface area contributed by atoms with Gasteiger partial charge in [-0.2, -0.15) is 0 Å². The molecule has 0 saturated heterocycles. The Morgan fingerprint density at radius 2 is 1.58 bits per heavy atom. The van der Waals surface area contributed by atoms with Crippen molar-refractivity contribution >= 4 is 11.8 Å². The van der Waals surface area contributed by atoms with E-state index < -0.39 is 0 Å². The summed E-state index contributed by atoms with van der Waals surface area (Å²) in [6.45, 7) is 5.18. The van der Waals surface area contributed by atoms with E-state index in [1.807, 2.05) is 37.3 Å². The highest BCUT2D eigenvalue weighted by atomic mass is 16.5. The second kappa shape index (κ2) is 14.1. The Morgan fingerprint density at radius 1 is 0.842 bits per heavy atom. The van der Waals surface area contributed by atoms with Gasteiger partial charge in [-0.25, -0.2) is 0 Å². The quantitative estimate of drug-likeness (QED) is 0.292. The van der Waals surface area contributed by atoms with Crippen LogP contribution >= 0.6 is 0 Å². The van der Waals surface area contributed by atoms with E-state index in [1.54, 1.807) is 55.4 Å². The molecule has 3 aromatic rings. The van der Waals surface area contributed by atoms with Gasteiger partial charge in [0.15, 0.2) is 11.5 Å². The molecule has 0 aliphatic rings. The molecule has 0 saturated carbocycles. The standard InChI is InChI=1S/C30H38N2O6/c1-6-7-17-32(30(34)24-10-13-25(35-3)14-11-24)21-29(33)31(20-26-12-8-22(2)38-26)18-16-23-9-15-27(36-4)28(19-23)37-5/h8-15,19H,6-7,16-18,20-21H2,1-5H3. The summed E-state index contributed by atoms with van der Waals surface area (Å²) in [7, 11) is 4.78. The number of nitrogens with zero attached hydrogens (tertiary/aromatic N) is 2. The van der Waals surface area contributed by atoms with Gasteiger partial charge in [-0.05, 0) is 73.9 Å². The Labute approximate surface area is 225 Å². The lowest BCUT2D eigenvalue weighted by molar-refractivity contribution is -0.132. The zero-order valence-electron chi connectivity index (χ0n) is 23.0. The van der Waals surface area contributed by atoms with Crippen molar-refractivity contribution in [2.24, 2.45) is 0 Å². The molecule has 0 N–H and O–H groups in total. The molecule has 1 heterocycles. The van der Waals surface area contributed by atoms with Gasteiger partial charge in [-0.3, -0.25) is 9.59 Å². The minimum atomic E-state index is -0.178. The number of unbranched alkanes of at least 4 members (excludes halogenated alkanes) is 1. The fraction of sp³-hybridized carbons (Fsp3) is 0.400. The molecule has 2 amide bonds. The summed E-state index contributed by atoms with van der Waals surface area (Å²) >= 11 is 0. The zero-order valence-corrected chi connectivity index (χ0v) is 23.0. The first kappa shape index (κ1) is 28.6. The molecule has 38 heavy (non-hydrogen) atoms. The van der Waals surface area contributed by atoms with E-state index >= 15 is 0 Å². The average molecular weight is 523 g/mol. The van der Waals surface area contributed by atoms with Gasteiger partial charge in [0.05, 0.1) is 27.9 Å². The van der Waals surface area contributed by atoms with Crippen molar-refractivity contribution in [1.29, 1.82) is 0 Å². The van der Waals surface area contributed by atoms with Crippen molar-refractivity contribution in [2.45, 2.75) is 39.7 Å². The lowest BCUT2D eigenvalue weighted by atomic mass is 10.1. The summed E-state index contributed by atoms with van der Waals surface area (Å²) in [6, 6.07) is 16.5. The van der Waals surface area contributed by atoms with Gasteiger partial charge in [0, 0.05) is 18.7 Å². The topological polar surface area (TPSA) is 81.5 Å². The Kier molecular flexibility index (Phi) is 10.6. The van der Waals surface area contributed by atoms with Crippen LogP contribution in [0.1, 0.15) is 47.2 Å². The van der Waals surface area contributed by atoms with Crippen LogP contribution in [0.15, 0.2) is 59.0 Å².